The molecule has 0 bridgehead atoms. The van der Waals surface area contributed by atoms with Gasteiger partial charge in [-0.1, -0.05) is 6.07 Å². The van der Waals surface area contributed by atoms with Crippen molar-refractivity contribution in [1.29, 1.82) is 0 Å². The Balaban J connectivity index is 3.22. The molecule has 0 saturated heterocycles. The second-order valence-electron chi connectivity index (χ2n) is 4.10. The Morgan fingerprint density at radius 1 is 1.44 bits per heavy atom. The van der Waals surface area contributed by atoms with Gasteiger partial charge in [-0.2, -0.15) is 0 Å². The first-order valence-electron chi connectivity index (χ1n) is 5.03. The summed E-state index contributed by atoms with van der Waals surface area (Å²) in [4.78, 5) is 11.4. The van der Waals surface area contributed by atoms with Crippen molar-refractivity contribution in [3.8, 4) is 5.75 Å². The summed E-state index contributed by atoms with van der Waals surface area (Å²) in [6, 6.07) is 4.91. The second-order valence-corrected chi connectivity index (χ2v) is 4.10. The smallest absolute Gasteiger partial charge is 0.341 e. The van der Waals surface area contributed by atoms with Gasteiger partial charge in [-0.3, -0.25) is 0 Å². The van der Waals surface area contributed by atoms with Crippen molar-refractivity contribution < 1.29 is 14.6 Å². The number of phenols is 1. The summed E-state index contributed by atoms with van der Waals surface area (Å²) >= 11 is 0. The maximum Gasteiger partial charge on any atom is 0.341 e. The zero-order valence-corrected chi connectivity index (χ0v) is 10.00. The minimum Gasteiger partial charge on any atom is -0.507 e. The highest BCUT2D eigenvalue weighted by Crippen LogP contribution is 2.26. The van der Waals surface area contributed by atoms with Gasteiger partial charge in [0.25, 0.3) is 0 Å². The predicted molar refractivity (Wildman–Crippen MR) is 61.5 cm³/mol. The molecule has 0 saturated carbocycles. The molecule has 0 spiro atoms. The number of aromatic hydroxyl groups is 1. The van der Waals surface area contributed by atoms with Crippen LogP contribution in [0.3, 0.4) is 0 Å². The van der Waals surface area contributed by atoms with Crippen LogP contribution in [0.25, 0.3) is 0 Å². The predicted octanol–water partition coefficient (Wildman–Crippen LogP) is 1.63. The Hall–Kier alpha value is -1.55. The number of phenolic OH excluding ortho intramolecular Hbond substituents is 1. The molecule has 0 aliphatic heterocycles. The summed E-state index contributed by atoms with van der Waals surface area (Å²) in [5.74, 6) is -0.603. The van der Waals surface area contributed by atoms with Crippen LogP contribution in [0.5, 0.6) is 5.75 Å². The van der Waals surface area contributed by atoms with Crippen LogP contribution >= 0.6 is 0 Å². The topological polar surface area (TPSA) is 58.6 Å². The number of hydrogen-bond acceptors (Lipinski definition) is 4. The zero-order chi connectivity index (χ0) is 12.3. The van der Waals surface area contributed by atoms with Crippen molar-refractivity contribution in [3.05, 3.63) is 29.3 Å². The molecule has 2 N–H and O–H groups in total. The number of methoxy groups -OCH3 is 1. The van der Waals surface area contributed by atoms with E-state index in [9.17, 15) is 9.90 Å². The fraction of sp³-hybridized carbons (Fsp3) is 0.417. The average molecular weight is 223 g/mol. The van der Waals surface area contributed by atoms with Gasteiger partial charge in [0.15, 0.2) is 0 Å². The van der Waals surface area contributed by atoms with Gasteiger partial charge < -0.3 is 15.2 Å². The lowest BCUT2D eigenvalue weighted by Crippen LogP contribution is -2.33. The summed E-state index contributed by atoms with van der Waals surface area (Å²) in [5.41, 5.74) is 0.827. The highest BCUT2D eigenvalue weighted by atomic mass is 16.5. The fourth-order valence-corrected chi connectivity index (χ4v) is 1.34. The molecule has 4 heteroatoms. The maximum absolute atomic E-state index is 11.4. The van der Waals surface area contributed by atoms with Crippen LogP contribution in [0.15, 0.2) is 18.2 Å². The van der Waals surface area contributed by atoms with E-state index in [2.05, 4.69) is 10.1 Å². The molecule has 0 atom stereocenters. The lowest BCUT2D eigenvalue weighted by Gasteiger charge is -2.25. The molecule has 16 heavy (non-hydrogen) atoms. The van der Waals surface area contributed by atoms with Crippen molar-refractivity contribution in [2.45, 2.75) is 19.4 Å². The van der Waals surface area contributed by atoms with E-state index < -0.39 is 5.97 Å². The SMILES string of the molecule is CNC(C)(C)c1ccc(O)c(C(=O)OC)c1. The molecule has 4 nitrogen and oxygen atoms in total. The van der Waals surface area contributed by atoms with Gasteiger partial charge in [0.2, 0.25) is 0 Å². The van der Waals surface area contributed by atoms with Gasteiger partial charge in [0, 0.05) is 5.54 Å². The fourth-order valence-electron chi connectivity index (χ4n) is 1.34. The highest BCUT2D eigenvalue weighted by molar-refractivity contribution is 5.92. The third kappa shape index (κ3) is 2.33. The molecule has 88 valence electrons. The van der Waals surface area contributed by atoms with Gasteiger partial charge in [-0.05, 0) is 38.6 Å². The van der Waals surface area contributed by atoms with Crippen molar-refractivity contribution >= 4 is 5.97 Å². The molecule has 0 aliphatic rings. The number of nitrogens with one attached hydrogen (secondary N) is 1. The third-order valence-corrected chi connectivity index (χ3v) is 2.75. The number of carbonyl (C=O) groups excluding carboxylic acids is 1. The van der Waals surface area contributed by atoms with Crippen molar-refractivity contribution in [3.63, 3.8) is 0 Å². The quantitative estimate of drug-likeness (QED) is 0.765. The first-order chi connectivity index (χ1) is 7.42. The van der Waals surface area contributed by atoms with Crippen molar-refractivity contribution in [2.24, 2.45) is 0 Å². The van der Waals surface area contributed by atoms with Crippen LogP contribution in [0.2, 0.25) is 0 Å². The maximum atomic E-state index is 11.4. The number of hydrogen-bond donors (Lipinski definition) is 2. The normalized spacial score (nSPS) is 11.2. The van der Waals surface area contributed by atoms with E-state index in [1.165, 1.54) is 13.2 Å². The Labute approximate surface area is 95.2 Å². The lowest BCUT2D eigenvalue weighted by molar-refractivity contribution is 0.0597. The van der Waals surface area contributed by atoms with Crippen LogP contribution in [0.4, 0.5) is 0 Å². The van der Waals surface area contributed by atoms with Crippen LogP contribution in [-0.2, 0) is 10.3 Å². The van der Waals surface area contributed by atoms with Crippen molar-refractivity contribution in [2.75, 3.05) is 14.2 Å². The highest BCUT2D eigenvalue weighted by Gasteiger charge is 2.21. The zero-order valence-electron chi connectivity index (χ0n) is 10.00. The minimum atomic E-state index is -0.536. The third-order valence-electron chi connectivity index (χ3n) is 2.75. The number of carbonyl (C=O) groups is 1. The standard InChI is InChI=1S/C12H17NO3/c1-12(2,13-3)8-5-6-10(14)9(7-8)11(15)16-4/h5-7,13-14H,1-4H3. The Kier molecular flexibility index (Phi) is 3.55. The molecule has 1 aromatic carbocycles. The first kappa shape index (κ1) is 12.5. The summed E-state index contributed by atoms with van der Waals surface area (Å²) in [7, 11) is 3.13. The molecule has 0 aromatic heterocycles. The van der Waals surface area contributed by atoms with Gasteiger partial charge in [-0.15, -0.1) is 0 Å². The van der Waals surface area contributed by atoms with Gasteiger partial charge in [-0.25, -0.2) is 4.79 Å². The minimum absolute atomic E-state index is 0.0671. The number of benzene rings is 1. The van der Waals surface area contributed by atoms with Gasteiger partial charge >= 0.3 is 5.97 Å². The van der Waals surface area contributed by atoms with E-state index in [1.807, 2.05) is 20.9 Å². The molecular weight excluding hydrogens is 206 g/mol. The number of esters is 1. The van der Waals surface area contributed by atoms with Crippen LogP contribution in [0, 0.1) is 0 Å². The first-order valence-corrected chi connectivity index (χ1v) is 5.03. The molecule has 0 amide bonds. The average Bonchev–Trinajstić information content (AvgIpc) is 2.28. The summed E-state index contributed by atoms with van der Waals surface area (Å²) in [5, 5.41) is 12.7. The molecule has 0 unspecified atom stereocenters. The molecular formula is C12H17NO3. The molecule has 1 rings (SSSR count). The number of ether oxygens (including phenoxy) is 1. The summed E-state index contributed by atoms with van der Waals surface area (Å²) in [6.45, 7) is 3.97. The van der Waals surface area contributed by atoms with E-state index >= 15 is 0 Å². The molecule has 0 radical (unpaired) electrons. The largest absolute Gasteiger partial charge is 0.507 e. The monoisotopic (exact) mass is 223 g/mol. The molecule has 0 aliphatic carbocycles. The van der Waals surface area contributed by atoms with Crippen LogP contribution in [-0.4, -0.2) is 25.2 Å². The van der Waals surface area contributed by atoms with E-state index in [-0.39, 0.29) is 16.9 Å². The van der Waals surface area contributed by atoms with Crippen LogP contribution in [0.1, 0.15) is 29.8 Å². The van der Waals surface area contributed by atoms with E-state index in [0.29, 0.717) is 0 Å². The lowest BCUT2D eigenvalue weighted by atomic mass is 9.93. The van der Waals surface area contributed by atoms with Crippen LogP contribution < -0.4 is 5.32 Å². The van der Waals surface area contributed by atoms with E-state index in [0.717, 1.165) is 5.56 Å². The molecule has 0 heterocycles. The Bertz CT molecular complexity index is 399. The Morgan fingerprint density at radius 2 is 2.06 bits per heavy atom. The van der Waals surface area contributed by atoms with Gasteiger partial charge in [0.05, 0.1) is 7.11 Å². The summed E-state index contributed by atoms with van der Waals surface area (Å²) < 4.78 is 4.60. The van der Waals surface area contributed by atoms with E-state index in [1.54, 1.807) is 12.1 Å². The number of rotatable bonds is 3. The second kappa shape index (κ2) is 4.53. The summed E-state index contributed by atoms with van der Waals surface area (Å²) in [6.07, 6.45) is 0. The Morgan fingerprint density at radius 3 is 2.56 bits per heavy atom. The molecule has 0 fully saturated rings. The molecule has 1 aromatic rings. The van der Waals surface area contributed by atoms with Gasteiger partial charge in [0.1, 0.15) is 11.3 Å². The van der Waals surface area contributed by atoms with Crippen molar-refractivity contribution in [1.82, 2.24) is 5.32 Å². The van der Waals surface area contributed by atoms with E-state index in [4.69, 9.17) is 0 Å².